The number of rotatable bonds is 5. The summed E-state index contributed by atoms with van der Waals surface area (Å²) in [6, 6.07) is 0. The molecule has 0 saturated carbocycles. The lowest BCUT2D eigenvalue weighted by Crippen LogP contribution is -1.89. The van der Waals surface area contributed by atoms with Crippen LogP contribution in [0.3, 0.4) is 0 Å². The summed E-state index contributed by atoms with van der Waals surface area (Å²) in [6.45, 7) is 0. The molecule has 0 unspecified atom stereocenters. The molecule has 0 atom stereocenters. The second-order valence-electron chi connectivity index (χ2n) is 2.87. The molecule has 0 spiro atoms. The summed E-state index contributed by atoms with van der Waals surface area (Å²) < 4.78 is 0. The van der Waals surface area contributed by atoms with Gasteiger partial charge in [-0.1, -0.05) is 22.7 Å². The molecule has 6 nitrogen and oxygen atoms in total. The van der Waals surface area contributed by atoms with Crippen molar-refractivity contribution in [1.82, 2.24) is 20.4 Å². The van der Waals surface area contributed by atoms with Crippen molar-refractivity contribution in [3.05, 3.63) is 10.0 Å². The van der Waals surface area contributed by atoms with Crippen molar-refractivity contribution in [3.63, 3.8) is 0 Å². The van der Waals surface area contributed by atoms with Gasteiger partial charge >= 0.3 is 0 Å². The first-order chi connectivity index (χ1) is 7.74. The first-order valence-electron chi connectivity index (χ1n) is 4.47. The van der Waals surface area contributed by atoms with Crippen molar-refractivity contribution < 1.29 is 0 Å². The molecular formula is C7H10N6S3. The van der Waals surface area contributed by atoms with E-state index in [0.29, 0.717) is 10.3 Å². The molecule has 2 rings (SSSR count). The summed E-state index contributed by atoms with van der Waals surface area (Å²) in [5.41, 5.74) is 11.0. The number of nitrogens with two attached hydrogens (primary N) is 2. The van der Waals surface area contributed by atoms with Crippen molar-refractivity contribution in [3.8, 4) is 0 Å². The third kappa shape index (κ3) is 3.29. The first-order valence-corrected chi connectivity index (χ1v) is 7.26. The van der Waals surface area contributed by atoms with Gasteiger partial charge in [0.05, 0.1) is 0 Å². The van der Waals surface area contributed by atoms with Gasteiger partial charge < -0.3 is 11.5 Å². The summed E-state index contributed by atoms with van der Waals surface area (Å²) in [6.07, 6.45) is 0.883. The van der Waals surface area contributed by atoms with Crippen molar-refractivity contribution in [2.45, 2.75) is 12.2 Å². The monoisotopic (exact) mass is 274 g/mol. The average molecular weight is 274 g/mol. The zero-order valence-corrected chi connectivity index (χ0v) is 10.7. The Morgan fingerprint density at radius 2 is 1.56 bits per heavy atom. The molecule has 16 heavy (non-hydrogen) atoms. The maximum atomic E-state index is 5.48. The van der Waals surface area contributed by atoms with Crippen LogP contribution in [0.25, 0.3) is 0 Å². The van der Waals surface area contributed by atoms with Gasteiger partial charge in [0.25, 0.3) is 0 Å². The molecule has 0 radical (unpaired) electrons. The minimum atomic E-state index is 0.521. The third-order valence-corrected chi connectivity index (χ3v) is 4.37. The minimum Gasteiger partial charge on any atom is -0.374 e. The smallest absolute Gasteiger partial charge is 0.203 e. The number of thioether (sulfide) groups is 1. The Kier molecular flexibility index (Phi) is 3.91. The quantitative estimate of drug-likeness (QED) is 0.785. The molecular weight excluding hydrogens is 264 g/mol. The SMILES string of the molecule is Nc1nnc(CCSCc2nnc(N)s2)s1. The van der Waals surface area contributed by atoms with Crippen LogP contribution in [0.1, 0.15) is 10.0 Å². The van der Waals surface area contributed by atoms with Gasteiger partial charge in [0, 0.05) is 17.9 Å². The summed E-state index contributed by atoms with van der Waals surface area (Å²) in [7, 11) is 0. The number of anilines is 2. The molecule has 2 heterocycles. The lowest BCUT2D eigenvalue weighted by atomic mass is 10.5. The Morgan fingerprint density at radius 1 is 0.938 bits per heavy atom. The first kappa shape index (κ1) is 11.6. The van der Waals surface area contributed by atoms with Crippen LogP contribution < -0.4 is 11.5 Å². The van der Waals surface area contributed by atoms with Crippen molar-refractivity contribution in [2.24, 2.45) is 0 Å². The van der Waals surface area contributed by atoms with Gasteiger partial charge in [-0.25, -0.2) is 0 Å². The van der Waals surface area contributed by atoms with Gasteiger partial charge in [-0.3, -0.25) is 0 Å². The molecule has 0 aliphatic rings. The van der Waals surface area contributed by atoms with E-state index >= 15 is 0 Å². The third-order valence-electron chi connectivity index (χ3n) is 1.65. The zero-order valence-electron chi connectivity index (χ0n) is 8.29. The lowest BCUT2D eigenvalue weighted by molar-refractivity contribution is 0.992. The predicted molar refractivity (Wildman–Crippen MR) is 68.5 cm³/mol. The summed E-state index contributed by atoms with van der Waals surface area (Å²) in [5, 5.41) is 18.4. The van der Waals surface area contributed by atoms with Gasteiger partial charge in [-0.15, -0.1) is 20.4 Å². The maximum absolute atomic E-state index is 5.48. The summed E-state index contributed by atoms with van der Waals surface area (Å²) >= 11 is 4.64. The molecule has 0 aromatic carbocycles. The van der Waals surface area contributed by atoms with E-state index in [0.717, 1.165) is 27.9 Å². The van der Waals surface area contributed by atoms with E-state index in [4.69, 9.17) is 11.5 Å². The molecule has 0 amide bonds. The highest BCUT2D eigenvalue weighted by molar-refractivity contribution is 7.98. The van der Waals surface area contributed by atoms with Gasteiger partial charge in [-0.05, 0) is 0 Å². The Labute approximate surface area is 104 Å². The number of nitrogen functional groups attached to an aromatic ring is 2. The topological polar surface area (TPSA) is 104 Å². The Hall–Kier alpha value is -0.930. The van der Waals surface area contributed by atoms with Crippen LogP contribution in [0.5, 0.6) is 0 Å². The number of aromatic nitrogens is 4. The maximum Gasteiger partial charge on any atom is 0.203 e. The van der Waals surface area contributed by atoms with Crippen LogP contribution in [-0.4, -0.2) is 26.1 Å². The number of hydrogen-bond acceptors (Lipinski definition) is 9. The van der Waals surface area contributed by atoms with Gasteiger partial charge in [0.1, 0.15) is 10.0 Å². The fourth-order valence-electron chi connectivity index (χ4n) is 1.01. The van der Waals surface area contributed by atoms with E-state index in [9.17, 15) is 0 Å². The molecule has 86 valence electrons. The number of aryl methyl sites for hydroxylation is 1. The van der Waals surface area contributed by atoms with Crippen molar-refractivity contribution in [1.29, 1.82) is 0 Å². The van der Waals surface area contributed by atoms with E-state index in [1.54, 1.807) is 11.8 Å². The highest BCUT2D eigenvalue weighted by Crippen LogP contribution is 2.19. The zero-order chi connectivity index (χ0) is 11.4. The molecule has 0 aliphatic heterocycles. The Balaban J connectivity index is 1.69. The van der Waals surface area contributed by atoms with Crippen LogP contribution in [0.4, 0.5) is 10.3 Å². The standard InChI is InChI=1S/C7H10N6S3/c8-6-12-10-4(15-6)1-2-14-3-5-11-13-7(9)16-5/h1-3H2,(H2,8,12)(H2,9,13). The fourth-order valence-corrected chi connectivity index (χ4v) is 3.35. The average Bonchev–Trinajstić information content (AvgIpc) is 2.83. The molecule has 0 fully saturated rings. The Bertz CT molecular complexity index is 410. The molecule has 0 aliphatic carbocycles. The number of nitrogens with zero attached hydrogens (tertiary/aromatic N) is 4. The highest BCUT2D eigenvalue weighted by Gasteiger charge is 2.03. The number of hydrogen-bond donors (Lipinski definition) is 2. The van der Waals surface area contributed by atoms with Crippen molar-refractivity contribution in [2.75, 3.05) is 17.2 Å². The van der Waals surface area contributed by atoms with E-state index in [1.165, 1.54) is 22.7 Å². The molecule has 2 aromatic heterocycles. The minimum absolute atomic E-state index is 0.521. The molecule has 2 aromatic rings. The van der Waals surface area contributed by atoms with Crippen LogP contribution in [0, 0.1) is 0 Å². The van der Waals surface area contributed by atoms with Gasteiger partial charge in [0.2, 0.25) is 10.3 Å². The molecule has 0 saturated heterocycles. The second-order valence-corrected chi connectivity index (χ2v) is 6.16. The molecule has 4 N–H and O–H groups in total. The molecule has 9 heteroatoms. The van der Waals surface area contributed by atoms with Crippen LogP contribution in [-0.2, 0) is 12.2 Å². The normalized spacial score (nSPS) is 10.8. The van der Waals surface area contributed by atoms with E-state index in [2.05, 4.69) is 20.4 Å². The molecule has 0 bridgehead atoms. The largest absolute Gasteiger partial charge is 0.374 e. The van der Waals surface area contributed by atoms with E-state index < -0.39 is 0 Å². The van der Waals surface area contributed by atoms with Gasteiger partial charge in [0.15, 0.2) is 0 Å². The van der Waals surface area contributed by atoms with Crippen LogP contribution in [0.2, 0.25) is 0 Å². The van der Waals surface area contributed by atoms with E-state index in [1.807, 2.05) is 0 Å². The van der Waals surface area contributed by atoms with Gasteiger partial charge in [-0.2, -0.15) is 11.8 Å². The summed E-state index contributed by atoms with van der Waals surface area (Å²) in [4.78, 5) is 0. The van der Waals surface area contributed by atoms with Crippen LogP contribution >= 0.6 is 34.4 Å². The van der Waals surface area contributed by atoms with E-state index in [-0.39, 0.29) is 0 Å². The summed E-state index contributed by atoms with van der Waals surface area (Å²) in [5.74, 6) is 1.80. The van der Waals surface area contributed by atoms with Crippen LogP contribution in [0.15, 0.2) is 0 Å². The second kappa shape index (κ2) is 5.41. The highest BCUT2D eigenvalue weighted by atomic mass is 32.2. The predicted octanol–water partition coefficient (Wildman–Crippen LogP) is 1.03. The van der Waals surface area contributed by atoms with Crippen molar-refractivity contribution >= 4 is 44.7 Å². The fraction of sp³-hybridized carbons (Fsp3) is 0.429. The Morgan fingerprint density at radius 3 is 2.12 bits per heavy atom. The lowest BCUT2D eigenvalue weighted by Gasteiger charge is -1.94.